The molecule has 1 aliphatic heterocycles. The quantitative estimate of drug-likeness (QED) is 0.842. The van der Waals surface area contributed by atoms with E-state index in [1.165, 1.54) is 0 Å². The largest absolute Gasteiger partial charge is 0.387 e. The second-order valence-corrected chi connectivity index (χ2v) is 6.71. The minimum atomic E-state index is -1.12. The van der Waals surface area contributed by atoms with Gasteiger partial charge in [0, 0.05) is 0 Å². The molecule has 1 saturated heterocycles. The Morgan fingerprint density at radius 2 is 1.72 bits per heavy atom. The van der Waals surface area contributed by atoms with Crippen molar-refractivity contribution < 1.29 is 14.7 Å². The first-order valence-electron chi connectivity index (χ1n) is 8.28. The monoisotopic (exact) mass is 338 g/mol. The zero-order valence-electron chi connectivity index (χ0n) is 14.6. The van der Waals surface area contributed by atoms with Crippen LogP contribution in [0.3, 0.4) is 0 Å². The molecule has 5 nitrogen and oxygen atoms in total. The molecule has 3 amide bonds. The number of rotatable bonds is 4. The van der Waals surface area contributed by atoms with E-state index in [9.17, 15) is 14.7 Å². The molecule has 1 fully saturated rings. The van der Waals surface area contributed by atoms with Crippen LogP contribution in [-0.2, 0) is 10.3 Å². The summed E-state index contributed by atoms with van der Waals surface area (Å²) in [5.74, 6) is -0.349. The van der Waals surface area contributed by atoms with Crippen molar-refractivity contribution in [2.75, 3.05) is 6.54 Å². The van der Waals surface area contributed by atoms with Crippen LogP contribution in [0.4, 0.5) is 4.79 Å². The molecule has 0 saturated carbocycles. The summed E-state index contributed by atoms with van der Waals surface area (Å²) in [5.41, 5.74) is 2.34. The number of urea groups is 1. The van der Waals surface area contributed by atoms with Crippen LogP contribution in [0.15, 0.2) is 48.5 Å². The van der Waals surface area contributed by atoms with Gasteiger partial charge in [-0.15, -0.1) is 0 Å². The van der Waals surface area contributed by atoms with Gasteiger partial charge in [0.05, 0.1) is 12.6 Å². The van der Waals surface area contributed by atoms with Gasteiger partial charge in [0.1, 0.15) is 5.54 Å². The zero-order valence-corrected chi connectivity index (χ0v) is 14.6. The molecule has 2 aromatic carbocycles. The lowest BCUT2D eigenvalue weighted by atomic mass is 9.88. The highest BCUT2D eigenvalue weighted by atomic mass is 16.3. The van der Waals surface area contributed by atoms with Crippen molar-refractivity contribution >= 4 is 11.9 Å². The Bertz CT molecular complexity index is 816. The number of aryl methyl sites for hydroxylation is 2. The van der Waals surface area contributed by atoms with Crippen LogP contribution in [-0.4, -0.2) is 28.5 Å². The molecule has 2 aromatic rings. The highest BCUT2D eigenvalue weighted by Crippen LogP contribution is 2.31. The van der Waals surface area contributed by atoms with E-state index in [1.54, 1.807) is 19.1 Å². The van der Waals surface area contributed by atoms with Gasteiger partial charge in [-0.25, -0.2) is 4.79 Å². The summed E-state index contributed by atoms with van der Waals surface area (Å²) >= 11 is 0. The predicted molar refractivity (Wildman–Crippen MR) is 94.9 cm³/mol. The number of nitrogens with one attached hydrogen (secondary N) is 1. The summed E-state index contributed by atoms with van der Waals surface area (Å²) < 4.78 is 0. The summed E-state index contributed by atoms with van der Waals surface area (Å²) in [6.07, 6.45) is -0.922. The second-order valence-electron chi connectivity index (χ2n) is 6.71. The third-order valence-corrected chi connectivity index (χ3v) is 4.78. The number of aliphatic hydroxyl groups is 1. The Labute approximate surface area is 147 Å². The van der Waals surface area contributed by atoms with Gasteiger partial charge in [-0.05, 0) is 37.5 Å². The first-order chi connectivity index (χ1) is 11.8. The number of carbonyl (C=O) groups excluding carboxylic acids is 2. The van der Waals surface area contributed by atoms with Crippen LogP contribution in [0.1, 0.15) is 35.3 Å². The van der Waals surface area contributed by atoms with Gasteiger partial charge in [0.15, 0.2) is 0 Å². The van der Waals surface area contributed by atoms with Crippen LogP contribution in [0.5, 0.6) is 0 Å². The number of benzene rings is 2. The first kappa shape index (κ1) is 17.2. The zero-order chi connectivity index (χ0) is 18.2. The highest BCUT2D eigenvalue weighted by molar-refractivity contribution is 6.07. The van der Waals surface area contributed by atoms with Crippen molar-refractivity contribution in [2.24, 2.45) is 0 Å². The molecule has 0 spiro atoms. The number of nitrogens with zero attached hydrogens (tertiary/aromatic N) is 1. The minimum absolute atomic E-state index is 0.0742. The molecule has 2 atom stereocenters. The van der Waals surface area contributed by atoms with Gasteiger partial charge >= 0.3 is 6.03 Å². The number of carbonyl (C=O) groups is 2. The van der Waals surface area contributed by atoms with Crippen molar-refractivity contribution in [3.8, 4) is 0 Å². The predicted octanol–water partition coefficient (Wildman–Crippen LogP) is 2.80. The molecule has 3 rings (SSSR count). The lowest BCUT2D eigenvalue weighted by molar-refractivity contribution is -0.132. The maximum atomic E-state index is 12.9. The van der Waals surface area contributed by atoms with E-state index in [0.717, 1.165) is 21.6 Å². The molecule has 1 aliphatic rings. The van der Waals surface area contributed by atoms with Gasteiger partial charge in [-0.2, -0.15) is 0 Å². The Kier molecular flexibility index (Phi) is 4.35. The molecule has 5 heteroatoms. The number of hydrogen-bond acceptors (Lipinski definition) is 3. The number of imide groups is 1. The van der Waals surface area contributed by atoms with E-state index in [1.807, 2.05) is 50.2 Å². The van der Waals surface area contributed by atoms with Gasteiger partial charge in [0.25, 0.3) is 5.91 Å². The molecular weight excluding hydrogens is 316 g/mol. The molecule has 0 aromatic heterocycles. The van der Waals surface area contributed by atoms with Crippen molar-refractivity contribution in [3.63, 3.8) is 0 Å². The average molecular weight is 338 g/mol. The van der Waals surface area contributed by atoms with Crippen molar-refractivity contribution in [1.29, 1.82) is 0 Å². The van der Waals surface area contributed by atoms with Gasteiger partial charge in [-0.1, -0.05) is 54.1 Å². The van der Waals surface area contributed by atoms with E-state index in [-0.39, 0.29) is 12.5 Å². The van der Waals surface area contributed by atoms with E-state index in [0.29, 0.717) is 5.56 Å². The van der Waals surface area contributed by atoms with Gasteiger partial charge in [-0.3, -0.25) is 9.69 Å². The third kappa shape index (κ3) is 3.03. The molecule has 1 heterocycles. The van der Waals surface area contributed by atoms with E-state index >= 15 is 0 Å². The molecule has 0 radical (unpaired) electrons. The summed E-state index contributed by atoms with van der Waals surface area (Å²) in [5, 5.41) is 13.2. The Balaban J connectivity index is 1.84. The average Bonchev–Trinajstić information content (AvgIpc) is 2.80. The second kappa shape index (κ2) is 6.33. The van der Waals surface area contributed by atoms with Gasteiger partial charge < -0.3 is 10.4 Å². The summed E-state index contributed by atoms with van der Waals surface area (Å²) in [6.45, 7) is 5.49. The first-order valence-corrected chi connectivity index (χ1v) is 8.28. The summed E-state index contributed by atoms with van der Waals surface area (Å²) in [4.78, 5) is 26.4. The van der Waals surface area contributed by atoms with E-state index in [4.69, 9.17) is 0 Å². The third-order valence-electron chi connectivity index (χ3n) is 4.78. The maximum absolute atomic E-state index is 12.9. The minimum Gasteiger partial charge on any atom is -0.387 e. The van der Waals surface area contributed by atoms with Crippen molar-refractivity contribution in [3.05, 3.63) is 70.8 Å². The van der Waals surface area contributed by atoms with Crippen LogP contribution < -0.4 is 5.32 Å². The fraction of sp³-hybridized carbons (Fsp3) is 0.300. The topological polar surface area (TPSA) is 69.6 Å². The fourth-order valence-corrected chi connectivity index (χ4v) is 3.25. The lowest BCUT2D eigenvalue weighted by Crippen LogP contribution is -2.41. The van der Waals surface area contributed by atoms with Crippen LogP contribution >= 0.6 is 0 Å². The normalized spacial score (nSPS) is 21.4. The number of amides is 3. The van der Waals surface area contributed by atoms with Crippen LogP contribution in [0, 0.1) is 13.8 Å². The van der Waals surface area contributed by atoms with Crippen LogP contribution in [0.25, 0.3) is 0 Å². The number of β-amino-alcohol motifs (C(OH)–C–C–N with tert-alkyl or cyclic N) is 1. The SMILES string of the molecule is Cc1ccc(C(O)CN2C(=O)NC(C)(c3ccccc3C)C2=O)cc1. The fourth-order valence-electron chi connectivity index (χ4n) is 3.25. The van der Waals surface area contributed by atoms with E-state index in [2.05, 4.69) is 5.32 Å². The molecule has 2 unspecified atom stereocenters. The summed E-state index contributed by atoms with van der Waals surface area (Å²) in [6, 6.07) is 14.4. The lowest BCUT2D eigenvalue weighted by Gasteiger charge is -2.24. The number of hydrogen-bond donors (Lipinski definition) is 2. The molecule has 0 bridgehead atoms. The van der Waals surface area contributed by atoms with Crippen LogP contribution in [0.2, 0.25) is 0 Å². The number of aliphatic hydroxyl groups excluding tert-OH is 1. The summed E-state index contributed by atoms with van der Waals surface area (Å²) in [7, 11) is 0. The van der Waals surface area contributed by atoms with E-state index < -0.39 is 17.7 Å². The molecule has 2 N–H and O–H groups in total. The van der Waals surface area contributed by atoms with Crippen molar-refractivity contribution in [1.82, 2.24) is 10.2 Å². The Hall–Kier alpha value is -2.66. The highest BCUT2D eigenvalue weighted by Gasteiger charge is 2.49. The molecule has 25 heavy (non-hydrogen) atoms. The van der Waals surface area contributed by atoms with Crippen molar-refractivity contribution in [2.45, 2.75) is 32.4 Å². The van der Waals surface area contributed by atoms with Gasteiger partial charge in [0.2, 0.25) is 0 Å². The molecule has 130 valence electrons. The Morgan fingerprint density at radius 1 is 1.08 bits per heavy atom. The molecular formula is C20H22N2O3. The smallest absolute Gasteiger partial charge is 0.325 e. The standard InChI is InChI=1S/C20H22N2O3/c1-13-8-10-15(11-9-13)17(23)12-22-18(24)20(3,21-19(22)25)16-7-5-4-6-14(16)2/h4-11,17,23H,12H2,1-3H3,(H,21,25). The Morgan fingerprint density at radius 3 is 2.36 bits per heavy atom. The molecule has 0 aliphatic carbocycles. The maximum Gasteiger partial charge on any atom is 0.325 e.